The first-order valence-corrected chi connectivity index (χ1v) is 8.02. The van der Waals surface area contributed by atoms with Gasteiger partial charge in [-0.3, -0.25) is 13.8 Å². The Balaban J connectivity index is 1.74. The van der Waals surface area contributed by atoms with Gasteiger partial charge in [-0.15, -0.1) is 0 Å². The predicted octanol–water partition coefficient (Wildman–Crippen LogP) is 2.14. The second kappa shape index (κ2) is 6.11. The molecule has 112 valence electrons. The summed E-state index contributed by atoms with van der Waals surface area (Å²) in [5, 5.41) is 4.52. The topological polar surface area (TPSA) is 75.3 Å². The Hall–Kier alpha value is -2.47. The zero-order valence-electron chi connectivity index (χ0n) is 11.6. The average molecular weight is 314 g/mol. The van der Waals surface area contributed by atoms with Crippen LogP contribution in [0, 0.1) is 0 Å². The number of fused-ring (bicyclic) bond motifs is 1. The number of benzene rings is 2. The van der Waals surface area contributed by atoms with Crippen LogP contribution in [0.2, 0.25) is 0 Å². The van der Waals surface area contributed by atoms with E-state index in [1.165, 1.54) is 0 Å². The minimum Gasteiger partial charge on any atom is -0.326 e. The summed E-state index contributed by atoms with van der Waals surface area (Å²) in [5.74, 6) is -0.723. The normalized spacial score (nSPS) is 19.9. The van der Waals surface area contributed by atoms with Gasteiger partial charge in [-0.2, -0.15) is 0 Å². The van der Waals surface area contributed by atoms with E-state index in [1.807, 2.05) is 6.07 Å². The van der Waals surface area contributed by atoms with E-state index in [9.17, 15) is 13.8 Å². The van der Waals surface area contributed by atoms with Crippen LogP contribution in [-0.4, -0.2) is 21.3 Å². The van der Waals surface area contributed by atoms with Crippen LogP contribution in [0.3, 0.4) is 0 Å². The van der Waals surface area contributed by atoms with Crippen molar-refractivity contribution in [3.63, 3.8) is 0 Å². The maximum Gasteiger partial charge on any atom is 0.241 e. The van der Waals surface area contributed by atoms with Gasteiger partial charge in [0.2, 0.25) is 11.8 Å². The van der Waals surface area contributed by atoms with Gasteiger partial charge in [0.15, 0.2) is 0 Å². The van der Waals surface area contributed by atoms with E-state index < -0.39 is 16.0 Å². The van der Waals surface area contributed by atoms with Gasteiger partial charge in [-0.05, 0) is 24.3 Å². The first kappa shape index (κ1) is 14.5. The molecule has 0 bridgehead atoms. The van der Waals surface area contributed by atoms with Crippen molar-refractivity contribution in [2.45, 2.75) is 16.6 Å². The number of amides is 2. The Morgan fingerprint density at radius 2 is 1.77 bits per heavy atom. The number of para-hydroxylation sites is 2. The standard InChI is InChI=1S/C16H14N2O3S/c19-15(17-11-6-2-1-3-7-11)10-14-16(20)18-12-8-4-5-9-13(12)22(14)21/h1-9,14H,10H2,(H,17,19)(H,18,20). The van der Waals surface area contributed by atoms with Crippen molar-refractivity contribution in [3.05, 3.63) is 54.6 Å². The summed E-state index contributed by atoms with van der Waals surface area (Å²) in [6, 6.07) is 15.9. The molecule has 2 amide bonds. The van der Waals surface area contributed by atoms with Gasteiger partial charge < -0.3 is 10.6 Å². The Morgan fingerprint density at radius 3 is 2.55 bits per heavy atom. The molecule has 0 fully saturated rings. The predicted molar refractivity (Wildman–Crippen MR) is 85.0 cm³/mol. The van der Waals surface area contributed by atoms with Crippen LogP contribution in [0.5, 0.6) is 0 Å². The van der Waals surface area contributed by atoms with Gasteiger partial charge in [0, 0.05) is 5.69 Å². The molecule has 6 heteroatoms. The molecule has 0 spiro atoms. The number of hydrogen-bond donors (Lipinski definition) is 2. The van der Waals surface area contributed by atoms with Crippen LogP contribution < -0.4 is 10.6 Å². The number of rotatable bonds is 3. The summed E-state index contributed by atoms with van der Waals surface area (Å²) >= 11 is 0. The molecule has 2 atom stereocenters. The summed E-state index contributed by atoms with van der Waals surface area (Å²) in [7, 11) is -1.53. The zero-order chi connectivity index (χ0) is 15.5. The Kier molecular flexibility index (Phi) is 4.02. The lowest BCUT2D eigenvalue weighted by Crippen LogP contribution is -2.39. The molecule has 2 aromatic carbocycles. The van der Waals surface area contributed by atoms with Crippen molar-refractivity contribution >= 4 is 34.0 Å². The molecule has 1 aliphatic rings. The molecule has 0 saturated carbocycles. The van der Waals surface area contributed by atoms with Gasteiger partial charge in [-0.25, -0.2) is 0 Å². The minimum atomic E-state index is -1.53. The van der Waals surface area contributed by atoms with Crippen molar-refractivity contribution in [2.75, 3.05) is 10.6 Å². The first-order chi connectivity index (χ1) is 10.6. The molecule has 3 rings (SSSR count). The fourth-order valence-electron chi connectivity index (χ4n) is 2.28. The lowest BCUT2D eigenvalue weighted by molar-refractivity contribution is -0.120. The minimum absolute atomic E-state index is 0.123. The fraction of sp³-hybridized carbons (Fsp3) is 0.125. The number of nitrogens with one attached hydrogen (secondary N) is 2. The monoisotopic (exact) mass is 314 g/mol. The maximum absolute atomic E-state index is 12.5. The molecule has 2 aromatic rings. The molecule has 22 heavy (non-hydrogen) atoms. The van der Waals surface area contributed by atoms with E-state index in [0.29, 0.717) is 16.3 Å². The molecule has 1 aliphatic heterocycles. The van der Waals surface area contributed by atoms with Crippen molar-refractivity contribution in [3.8, 4) is 0 Å². The van der Waals surface area contributed by atoms with E-state index in [-0.39, 0.29) is 18.2 Å². The Bertz CT molecular complexity index is 746. The van der Waals surface area contributed by atoms with Crippen LogP contribution in [0.4, 0.5) is 11.4 Å². The highest BCUT2D eigenvalue weighted by Gasteiger charge is 2.34. The van der Waals surface area contributed by atoms with Gasteiger partial charge in [-0.1, -0.05) is 30.3 Å². The maximum atomic E-state index is 12.5. The van der Waals surface area contributed by atoms with Crippen LogP contribution in [0.15, 0.2) is 59.5 Å². The molecule has 0 radical (unpaired) electrons. The van der Waals surface area contributed by atoms with Crippen LogP contribution in [-0.2, 0) is 20.4 Å². The van der Waals surface area contributed by atoms with Crippen LogP contribution in [0.1, 0.15) is 6.42 Å². The number of anilines is 2. The van der Waals surface area contributed by atoms with Crippen molar-refractivity contribution < 1.29 is 13.8 Å². The van der Waals surface area contributed by atoms with E-state index in [0.717, 1.165) is 0 Å². The highest BCUT2D eigenvalue weighted by atomic mass is 32.2. The van der Waals surface area contributed by atoms with Crippen LogP contribution in [0.25, 0.3) is 0 Å². The second-order valence-corrected chi connectivity index (χ2v) is 6.49. The molecule has 5 nitrogen and oxygen atoms in total. The third-order valence-corrected chi connectivity index (χ3v) is 5.03. The van der Waals surface area contributed by atoms with Gasteiger partial charge >= 0.3 is 0 Å². The van der Waals surface area contributed by atoms with Gasteiger partial charge in [0.1, 0.15) is 5.25 Å². The zero-order valence-corrected chi connectivity index (χ0v) is 12.4. The molecule has 2 unspecified atom stereocenters. The molecule has 2 N–H and O–H groups in total. The first-order valence-electron chi connectivity index (χ1n) is 6.80. The number of carbonyl (C=O) groups is 2. The van der Waals surface area contributed by atoms with Crippen LogP contribution >= 0.6 is 0 Å². The molecule has 0 aromatic heterocycles. The van der Waals surface area contributed by atoms with Crippen molar-refractivity contribution in [1.82, 2.24) is 0 Å². The van der Waals surface area contributed by atoms with Crippen molar-refractivity contribution in [1.29, 1.82) is 0 Å². The SMILES string of the molecule is O=C(CC1C(=O)Nc2ccccc2S1=O)Nc1ccccc1. The Labute approximate surface area is 130 Å². The van der Waals surface area contributed by atoms with E-state index in [4.69, 9.17) is 0 Å². The number of hydrogen-bond acceptors (Lipinski definition) is 3. The summed E-state index contributed by atoms with van der Waals surface area (Å²) in [5.41, 5.74) is 1.19. The summed E-state index contributed by atoms with van der Waals surface area (Å²) in [6.07, 6.45) is -0.123. The fourth-order valence-corrected chi connectivity index (χ4v) is 3.69. The number of carbonyl (C=O) groups excluding carboxylic acids is 2. The second-order valence-electron chi connectivity index (χ2n) is 4.89. The third kappa shape index (κ3) is 2.92. The summed E-state index contributed by atoms with van der Waals surface area (Å²) in [6.45, 7) is 0. The van der Waals surface area contributed by atoms with E-state index in [2.05, 4.69) is 10.6 Å². The highest BCUT2D eigenvalue weighted by molar-refractivity contribution is 7.86. The average Bonchev–Trinajstić information content (AvgIpc) is 2.52. The molecule has 1 heterocycles. The van der Waals surface area contributed by atoms with Gasteiger partial charge in [0.25, 0.3) is 0 Å². The van der Waals surface area contributed by atoms with Crippen molar-refractivity contribution in [2.24, 2.45) is 0 Å². The van der Waals surface area contributed by atoms with E-state index in [1.54, 1.807) is 48.5 Å². The molecular formula is C16H14N2O3S. The molecule has 0 saturated heterocycles. The Morgan fingerprint density at radius 1 is 1.09 bits per heavy atom. The van der Waals surface area contributed by atoms with Gasteiger partial charge in [0.05, 0.1) is 27.8 Å². The quantitative estimate of drug-likeness (QED) is 0.911. The summed E-state index contributed by atoms with van der Waals surface area (Å²) < 4.78 is 12.5. The van der Waals surface area contributed by atoms with E-state index >= 15 is 0 Å². The lowest BCUT2D eigenvalue weighted by atomic mass is 10.2. The third-order valence-electron chi connectivity index (χ3n) is 3.34. The molecule has 0 aliphatic carbocycles. The highest BCUT2D eigenvalue weighted by Crippen LogP contribution is 2.28. The molecular weight excluding hydrogens is 300 g/mol. The largest absolute Gasteiger partial charge is 0.326 e. The smallest absolute Gasteiger partial charge is 0.241 e. The lowest BCUT2D eigenvalue weighted by Gasteiger charge is -2.23. The summed E-state index contributed by atoms with van der Waals surface area (Å²) in [4.78, 5) is 24.7.